The maximum atomic E-state index is 3.67. The Bertz CT molecular complexity index is 335. The molecule has 0 fully saturated rings. The number of rotatable bonds is 3. The minimum absolute atomic E-state index is 0.560. The van der Waals surface area contributed by atoms with E-state index in [9.17, 15) is 0 Å². The molecule has 0 radical (unpaired) electrons. The summed E-state index contributed by atoms with van der Waals surface area (Å²) in [5.41, 5.74) is 3.02. The summed E-state index contributed by atoms with van der Waals surface area (Å²) in [5, 5.41) is 3.64. The highest BCUT2D eigenvalue weighted by Crippen LogP contribution is 2.34. The van der Waals surface area contributed by atoms with Crippen LogP contribution in [0.15, 0.2) is 22.7 Å². The normalized spacial score (nSPS) is 20.0. The summed E-state index contributed by atoms with van der Waals surface area (Å²) in [7, 11) is 0. The van der Waals surface area contributed by atoms with Crippen molar-refractivity contribution < 1.29 is 0 Å². The fourth-order valence-corrected chi connectivity index (χ4v) is 3.04. The Labute approximate surface area is 100 Å². The lowest BCUT2D eigenvalue weighted by Crippen LogP contribution is -2.26. The van der Waals surface area contributed by atoms with E-state index in [1.165, 1.54) is 41.3 Å². The summed E-state index contributed by atoms with van der Waals surface area (Å²) in [5.74, 6) is 0. The van der Waals surface area contributed by atoms with Gasteiger partial charge >= 0.3 is 0 Å². The van der Waals surface area contributed by atoms with Crippen LogP contribution in [0.5, 0.6) is 0 Å². The molecule has 0 saturated heterocycles. The van der Waals surface area contributed by atoms with Crippen LogP contribution in [-0.2, 0) is 6.42 Å². The number of nitrogens with one attached hydrogen (secondary N) is 1. The maximum absolute atomic E-state index is 3.67. The third-order valence-electron chi connectivity index (χ3n) is 3.07. The standard InChI is InChI=1S/C13H18BrN/c1-2-9-15-12-8-4-6-10-5-3-7-11(14)13(10)12/h3,5,7,12,15H,2,4,6,8-9H2,1H3. The van der Waals surface area contributed by atoms with Gasteiger partial charge in [-0.15, -0.1) is 0 Å². The van der Waals surface area contributed by atoms with Crippen LogP contribution in [0.2, 0.25) is 0 Å². The van der Waals surface area contributed by atoms with Gasteiger partial charge in [0, 0.05) is 10.5 Å². The fourth-order valence-electron chi connectivity index (χ4n) is 2.35. The molecule has 1 N–H and O–H groups in total. The van der Waals surface area contributed by atoms with Gasteiger partial charge in [0.05, 0.1) is 0 Å². The summed E-state index contributed by atoms with van der Waals surface area (Å²) < 4.78 is 1.27. The summed E-state index contributed by atoms with van der Waals surface area (Å²) in [6.07, 6.45) is 5.02. The molecule has 0 heterocycles. The zero-order chi connectivity index (χ0) is 10.7. The van der Waals surface area contributed by atoms with Crippen LogP contribution in [0.25, 0.3) is 0 Å². The third-order valence-corrected chi connectivity index (χ3v) is 3.76. The lowest BCUT2D eigenvalue weighted by Gasteiger charge is -2.27. The van der Waals surface area contributed by atoms with Crippen molar-refractivity contribution in [3.8, 4) is 0 Å². The van der Waals surface area contributed by atoms with E-state index in [4.69, 9.17) is 0 Å². The third kappa shape index (κ3) is 2.43. The first kappa shape index (κ1) is 11.2. The maximum Gasteiger partial charge on any atom is 0.0334 e. The highest BCUT2D eigenvalue weighted by atomic mass is 79.9. The van der Waals surface area contributed by atoms with Gasteiger partial charge in [-0.1, -0.05) is 35.0 Å². The number of benzene rings is 1. The predicted octanol–water partition coefficient (Wildman–Crippen LogP) is 3.83. The average molecular weight is 268 g/mol. The van der Waals surface area contributed by atoms with Crippen LogP contribution in [0.3, 0.4) is 0 Å². The second kappa shape index (κ2) is 5.13. The molecule has 0 aromatic heterocycles. The molecule has 0 amide bonds. The van der Waals surface area contributed by atoms with Crippen molar-refractivity contribution in [1.82, 2.24) is 5.32 Å². The Kier molecular flexibility index (Phi) is 3.81. The van der Waals surface area contributed by atoms with Crippen molar-refractivity contribution >= 4 is 15.9 Å². The minimum atomic E-state index is 0.560. The van der Waals surface area contributed by atoms with E-state index in [0.717, 1.165) is 6.54 Å². The van der Waals surface area contributed by atoms with Gasteiger partial charge in [0.25, 0.3) is 0 Å². The smallest absolute Gasteiger partial charge is 0.0334 e. The Hall–Kier alpha value is -0.340. The van der Waals surface area contributed by atoms with Crippen LogP contribution < -0.4 is 5.32 Å². The molecule has 2 rings (SSSR count). The first-order chi connectivity index (χ1) is 7.33. The molecular formula is C13H18BrN. The first-order valence-electron chi connectivity index (χ1n) is 5.83. The van der Waals surface area contributed by atoms with Crippen molar-refractivity contribution in [2.75, 3.05) is 6.54 Å². The van der Waals surface area contributed by atoms with E-state index in [-0.39, 0.29) is 0 Å². The van der Waals surface area contributed by atoms with Gasteiger partial charge in [0.1, 0.15) is 0 Å². The van der Waals surface area contributed by atoms with Gasteiger partial charge in [0.2, 0.25) is 0 Å². The molecule has 0 aliphatic heterocycles. The second-order valence-corrected chi connectivity index (χ2v) is 5.07. The van der Waals surface area contributed by atoms with E-state index in [0.29, 0.717) is 6.04 Å². The predicted molar refractivity (Wildman–Crippen MR) is 68.1 cm³/mol. The molecule has 1 unspecified atom stereocenters. The molecule has 1 aromatic carbocycles. The van der Waals surface area contributed by atoms with E-state index >= 15 is 0 Å². The second-order valence-electron chi connectivity index (χ2n) is 4.21. The van der Waals surface area contributed by atoms with Gasteiger partial charge in [-0.2, -0.15) is 0 Å². The molecule has 15 heavy (non-hydrogen) atoms. The van der Waals surface area contributed by atoms with Crippen LogP contribution in [-0.4, -0.2) is 6.54 Å². The van der Waals surface area contributed by atoms with Crippen LogP contribution in [0.1, 0.15) is 43.4 Å². The van der Waals surface area contributed by atoms with Crippen molar-refractivity contribution in [1.29, 1.82) is 0 Å². The monoisotopic (exact) mass is 267 g/mol. The number of hydrogen-bond donors (Lipinski definition) is 1. The summed E-state index contributed by atoms with van der Waals surface area (Å²) in [6.45, 7) is 3.34. The molecule has 0 bridgehead atoms. The molecule has 1 aliphatic carbocycles. The van der Waals surface area contributed by atoms with Gasteiger partial charge in [0.15, 0.2) is 0 Å². The lowest BCUT2D eigenvalue weighted by molar-refractivity contribution is 0.459. The quantitative estimate of drug-likeness (QED) is 0.878. The zero-order valence-electron chi connectivity index (χ0n) is 9.22. The van der Waals surface area contributed by atoms with Crippen molar-refractivity contribution in [2.45, 2.75) is 38.6 Å². The fraction of sp³-hybridized carbons (Fsp3) is 0.538. The zero-order valence-corrected chi connectivity index (χ0v) is 10.8. The lowest BCUT2D eigenvalue weighted by atomic mass is 9.88. The van der Waals surface area contributed by atoms with Crippen LogP contribution in [0, 0.1) is 0 Å². The highest BCUT2D eigenvalue weighted by molar-refractivity contribution is 9.10. The average Bonchev–Trinajstić information content (AvgIpc) is 2.26. The van der Waals surface area contributed by atoms with Crippen LogP contribution in [0.4, 0.5) is 0 Å². The summed E-state index contributed by atoms with van der Waals surface area (Å²) in [4.78, 5) is 0. The Morgan fingerprint density at radius 3 is 3.13 bits per heavy atom. The molecule has 1 atom stereocenters. The number of halogens is 1. The Morgan fingerprint density at radius 2 is 2.33 bits per heavy atom. The van der Waals surface area contributed by atoms with Crippen molar-refractivity contribution in [3.63, 3.8) is 0 Å². The van der Waals surface area contributed by atoms with Gasteiger partial charge in [-0.3, -0.25) is 0 Å². The topological polar surface area (TPSA) is 12.0 Å². The van der Waals surface area contributed by atoms with E-state index in [2.05, 4.69) is 46.4 Å². The first-order valence-corrected chi connectivity index (χ1v) is 6.63. The molecule has 0 saturated carbocycles. The molecular weight excluding hydrogens is 250 g/mol. The molecule has 0 spiro atoms. The molecule has 1 aromatic rings. The van der Waals surface area contributed by atoms with Crippen molar-refractivity contribution in [2.24, 2.45) is 0 Å². The Balaban J connectivity index is 2.24. The number of aryl methyl sites for hydroxylation is 1. The summed E-state index contributed by atoms with van der Waals surface area (Å²) in [6, 6.07) is 7.12. The largest absolute Gasteiger partial charge is 0.310 e. The molecule has 2 heteroatoms. The molecule has 1 nitrogen and oxygen atoms in total. The van der Waals surface area contributed by atoms with E-state index in [1.807, 2.05) is 0 Å². The van der Waals surface area contributed by atoms with E-state index in [1.54, 1.807) is 0 Å². The summed E-state index contributed by atoms with van der Waals surface area (Å²) >= 11 is 3.67. The SMILES string of the molecule is CCCNC1CCCc2cccc(Br)c21. The Morgan fingerprint density at radius 1 is 1.47 bits per heavy atom. The van der Waals surface area contributed by atoms with Crippen molar-refractivity contribution in [3.05, 3.63) is 33.8 Å². The van der Waals surface area contributed by atoms with Gasteiger partial charge in [-0.05, 0) is 49.4 Å². The number of hydrogen-bond acceptors (Lipinski definition) is 1. The minimum Gasteiger partial charge on any atom is -0.310 e. The van der Waals surface area contributed by atoms with Gasteiger partial charge in [-0.25, -0.2) is 0 Å². The highest BCUT2D eigenvalue weighted by Gasteiger charge is 2.21. The van der Waals surface area contributed by atoms with E-state index < -0.39 is 0 Å². The van der Waals surface area contributed by atoms with Gasteiger partial charge < -0.3 is 5.32 Å². The molecule has 82 valence electrons. The van der Waals surface area contributed by atoms with Crippen LogP contribution >= 0.6 is 15.9 Å². The number of fused-ring (bicyclic) bond motifs is 1. The molecule has 1 aliphatic rings.